The molecule has 0 aliphatic carbocycles. The Bertz CT molecular complexity index is 898. The number of aromatic nitrogens is 2. The van der Waals surface area contributed by atoms with Crippen LogP contribution in [0.15, 0.2) is 41.1 Å². The topological polar surface area (TPSA) is 41.5 Å². The van der Waals surface area contributed by atoms with E-state index < -0.39 is 0 Å². The Kier molecular flexibility index (Phi) is 3.69. The molecule has 0 amide bonds. The Balaban J connectivity index is 1.60. The number of fused-ring (bicyclic) bond motifs is 2. The number of thiophene rings is 1. The molecule has 0 N–H and O–H groups in total. The molecule has 0 radical (unpaired) electrons. The molecule has 2 aliphatic rings. The number of nitrogens with zero attached hydrogens (tertiary/aromatic N) is 4. The minimum atomic E-state index is 0.261. The lowest BCUT2D eigenvalue weighted by atomic mass is 10.1. The van der Waals surface area contributed by atoms with Gasteiger partial charge in [-0.25, -0.2) is 9.97 Å². The summed E-state index contributed by atoms with van der Waals surface area (Å²) in [7, 11) is 2.19. The molecule has 3 aromatic rings. The molecule has 0 saturated carbocycles. The summed E-state index contributed by atoms with van der Waals surface area (Å²) in [6.45, 7) is 3.65. The average Bonchev–Trinajstić information content (AvgIpc) is 3.31. The monoisotopic (exact) mass is 352 g/mol. The molecule has 2 saturated heterocycles. The van der Waals surface area contributed by atoms with Gasteiger partial charge in [0.2, 0.25) is 0 Å². The molecule has 4 heterocycles. The van der Waals surface area contributed by atoms with Gasteiger partial charge in [0, 0.05) is 36.0 Å². The van der Waals surface area contributed by atoms with Crippen LogP contribution in [-0.4, -0.2) is 60.3 Å². The molecule has 128 valence electrons. The highest BCUT2D eigenvalue weighted by molar-refractivity contribution is 7.08. The first-order valence-corrected chi connectivity index (χ1v) is 9.60. The molecule has 2 fully saturated rings. The first-order chi connectivity index (χ1) is 12.3. The summed E-state index contributed by atoms with van der Waals surface area (Å²) < 4.78 is 6.01. The molecule has 0 spiro atoms. The Morgan fingerprint density at radius 1 is 1.16 bits per heavy atom. The molecule has 2 unspecified atom stereocenters. The lowest BCUT2D eigenvalue weighted by Crippen LogP contribution is -2.48. The van der Waals surface area contributed by atoms with Gasteiger partial charge in [-0.2, -0.15) is 11.3 Å². The molecule has 6 heteroatoms. The highest BCUT2D eigenvalue weighted by Gasteiger charge is 2.39. The molecule has 2 aromatic heterocycles. The third-order valence-electron chi connectivity index (χ3n) is 5.24. The first kappa shape index (κ1) is 15.3. The van der Waals surface area contributed by atoms with Gasteiger partial charge in [0.1, 0.15) is 5.82 Å². The number of morpholine rings is 1. The van der Waals surface area contributed by atoms with E-state index >= 15 is 0 Å². The maximum Gasteiger partial charge on any atom is 0.162 e. The summed E-state index contributed by atoms with van der Waals surface area (Å²) in [6, 6.07) is 10.8. The van der Waals surface area contributed by atoms with Crippen LogP contribution in [0.25, 0.3) is 22.3 Å². The maximum absolute atomic E-state index is 6.01. The normalized spacial score (nSPS) is 24.0. The predicted molar refractivity (Wildman–Crippen MR) is 101 cm³/mol. The minimum absolute atomic E-state index is 0.261. The van der Waals surface area contributed by atoms with Gasteiger partial charge in [0.05, 0.1) is 24.3 Å². The Morgan fingerprint density at radius 2 is 2.08 bits per heavy atom. The number of hydrogen-bond acceptors (Lipinski definition) is 6. The summed E-state index contributed by atoms with van der Waals surface area (Å²) in [5.41, 5.74) is 2.08. The first-order valence-electron chi connectivity index (χ1n) is 8.66. The van der Waals surface area contributed by atoms with Gasteiger partial charge in [-0.1, -0.05) is 12.1 Å². The third-order valence-corrected chi connectivity index (χ3v) is 5.92. The van der Waals surface area contributed by atoms with E-state index in [0.717, 1.165) is 54.3 Å². The van der Waals surface area contributed by atoms with Crippen molar-refractivity contribution in [2.45, 2.75) is 12.1 Å². The van der Waals surface area contributed by atoms with Crippen LogP contribution in [0, 0.1) is 0 Å². The van der Waals surface area contributed by atoms with Crippen molar-refractivity contribution in [1.29, 1.82) is 0 Å². The van der Waals surface area contributed by atoms with Gasteiger partial charge in [-0.3, -0.25) is 4.90 Å². The number of benzene rings is 1. The van der Waals surface area contributed by atoms with E-state index in [1.54, 1.807) is 11.3 Å². The van der Waals surface area contributed by atoms with Crippen molar-refractivity contribution in [3.05, 3.63) is 41.1 Å². The summed E-state index contributed by atoms with van der Waals surface area (Å²) in [5.74, 6) is 1.83. The van der Waals surface area contributed by atoms with Crippen LogP contribution in [0.4, 0.5) is 5.82 Å². The van der Waals surface area contributed by atoms with Gasteiger partial charge >= 0.3 is 0 Å². The molecule has 1 aromatic carbocycles. The zero-order valence-corrected chi connectivity index (χ0v) is 14.9. The van der Waals surface area contributed by atoms with E-state index in [4.69, 9.17) is 14.7 Å². The molecule has 25 heavy (non-hydrogen) atoms. The number of hydrogen-bond donors (Lipinski definition) is 0. The summed E-state index contributed by atoms with van der Waals surface area (Å²) in [4.78, 5) is 14.5. The van der Waals surface area contributed by atoms with Crippen LogP contribution in [0.1, 0.15) is 0 Å². The summed E-state index contributed by atoms with van der Waals surface area (Å²) >= 11 is 1.67. The maximum atomic E-state index is 6.01. The van der Waals surface area contributed by atoms with Crippen molar-refractivity contribution in [2.75, 3.05) is 38.2 Å². The van der Waals surface area contributed by atoms with Crippen LogP contribution >= 0.6 is 11.3 Å². The fourth-order valence-electron chi connectivity index (χ4n) is 3.85. The van der Waals surface area contributed by atoms with Crippen LogP contribution in [0.3, 0.4) is 0 Å². The van der Waals surface area contributed by atoms with E-state index in [1.165, 1.54) is 0 Å². The van der Waals surface area contributed by atoms with Crippen molar-refractivity contribution in [3.63, 3.8) is 0 Å². The third kappa shape index (κ3) is 2.61. The second-order valence-corrected chi connectivity index (χ2v) is 7.54. The minimum Gasteiger partial charge on any atom is -0.373 e. The second kappa shape index (κ2) is 6.05. The van der Waals surface area contributed by atoms with Crippen LogP contribution < -0.4 is 4.90 Å². The molecule has 0 bridgehead atoms. The SMILES string of the molecule is CN1CCOC2CN(c3nc(-c4ccsc4)nc4ccccc34)CC21. The van der Waals surface area contributed by atoms with E-state index in [2.05, 4.69) is 51.9 Å². The largest absolute Gasteiger partial charge is 0.373 e. The highest BCUT2D eigenvalue weighted by Crippen LogP contribution is 2.32. The van der Waals surface area contributed by atoms with Crippen molar-refractivity contribution in [3.8, 4) is 11.4 Å². The fraction of sp³-hybridized carbons (Fsp3) is 0.368. The number of likely N-dealkylation sites (N-methyl/N-ethyl adjacent to an activating group) is 1. The smallest absolute Gasteiger partial charge is 0.162 e. The highest BCUT2D eigenvalue weighted by atomic mass is 32.1. The van der Waals surface area contributed by atoms with E-state index in [9.17, 15) is 0 Å². The summed E-state index contributed by atoms with van der Waals surface area (Å²) in [5, 5.41) is 5.29. The van der Waals surface area contributed by atoms with Gasteiger partial charge < -0.3 is 9.64 Å². The number of ether oxygens (including phenoxy) is 1. The zero-order chi connectivity index (χ0) is 16.8. The predicted octanol–water partition coefficient (Wildman–Crippen LogP) is 2.88. The lowest BCUT2D eigenvalue weighted by molar-refractivity contribution is -0.0362. The van der Waals surface area contributed by atoms with Crippen molar-refractivity contribution >= 4 is 28.1 Å². The number of anilines is 1. The van der Waals surface area contributed by atoms with Crippen molar-refractivity contribution in [2.24, 2.45) is 0 Å². The van der Waals surface area contributed by atoms with Gasteiger partial charge in [0.15, 0.2) is 5.82 Å². The van der Waals surface area contributed by atoms with Gasteiger partial charge in [-0.05, 0) is 30.6 Å². The van der Waals surface area contributed by atoms with Crippen LogP contribution in [0.2, 0.25) is 0 Å². The number of rotatable bonds is 2. The number of para-hydroxylation sites is 1. The van der Waals surface area contributed by atoms with Gasteiger partial charge in [-0.15, -0.1) is 0 Å². The molecular formula is C19H20N4OS. The quantitative estimate of drug-likeness (QED) is 0.709. The average molecular weight is 352 g/mol. The second-order valence-electron chi connectivity index (χ2n) is 6.76. The van der Waals surface area contributed by atoms with E-state index in [-0.39, 0.29) is 6.10 Å². The van der Waals surface area contributed by atoms with Crippen molar-refractivity contribution in [1.82, 2.24) is 14.9 Å². The van der Waals surface area contributed by atoms with Crippen molar-refractivity contribution < 1.29 is 4.74 Å². The van der Waals surface area contributed by atoms with E-state index in [0.29, 0.717) is 6.04 Å². The Morgan fingerprint density at radius 3 is 2.92 bits per heavy atom. The standard InChI is InChI=1S/C19H20N4OS/c1-22-7-8-24-17-11-23(10-16(17)22)19-14-4-2-3-5-15(14)20-18(21-19)13-6-9-25-12-13/h2-6,9,12,16-17H,7-8,10-11H2,1H3. The molecule has 2 atom stereocenters. The van der Waals surface area contributed by atoms with Gasteiger partial charge in [0.25, 0.3) is 0 Å². The fourth-order valence-corrected chi connectivity index (χ4v) is 4.49. The molecule has 5 rings (SSSR count). The Labute approximate surface area is 150 Å². The Hall–Kier alpha value is -2.02. The summed E-state index contributed by atoms with van der Waals surface area (Å²) in [6.07, 6.45) is 0.261. The molecule has 2 aliphatic heterocycles. The van der Waals surface area contributed by atoms with Crippen LogP contribution in [0.5, 0.6) is 0 Å². The van der Waals surface area contributed by atoms with Crippen LogP contribution in [-0.2, 0) is 4.74 Å². The van der Waals surface area contributed by atoms with E-state index in [1.807, 2.05) is 6.07 Å². The molecule has 5 nitrogen and oxygen atoms in total. The molecular weight excluding hydrogens is 332 g/mol. The lowest BCUT2D eigenvalue weighted by Gasteiger charge is -2.33. The zero-order valence-electron chi connectivity index (χ0n) is 14.1.